The average molecular weight is 411 g/mol. The summed E-state index contributed by atoms with van der Waals surface area (Å²) in [6.07, 6.45) is 4.98. The quantitative estimate of drug-likeness (QED) is 0.369. The van der Waals surface area contributed by atoms with E-state index in [9.17, 15) is 4.79 Å². The maximum absolute atomic E-state index is 13.1. The van der Waals surface area contributed by atoms with Gasteiger partial charge in [-0.15, -0.1) is 11.3 Å². The van der Waals surface area contributed by atoms with E-state index in [1.54, 1.807) is 29.3 Å². The molecule has 0 N–H and O–H groups in total. The normalized spacial score (nSPS) is 13.5. The summed E-state index contributed by atoms with van der Waals surface area (Å²) in [7, 11) is 1.63. The Bertz CT molecular complexity index is 1250. The second-order valence-corrected chi connectivity index (χ2v) is 8.72. The summed E-state index contributed by atoms with van der Waals surface area (Å²) >= 11 is 3.21. The van der Waals surface area contributed by atoms with E-state index in [-0.39, 0.29) is 5.56 Å². The summed E-state index contributed by atoms with van der Waals surface area (Å²) < 4.78 is 6.91. The molecule has 1 aliphatic carbocycles. The van der Waals surface area contributed by atoms with Crippen molar-refractivity contribution in [3.05, 3.63) is 51.4 Å². The first-order valence-corrected chi connectivity index (χ1v) is 10.8. The minimum Gasteiger partial charge on any atom is -0.383 e. The highest BCUT2D eigenvalue weighted by atomic mass is 32.2. The number of hydrogen-bond acceptors (Lipinski definition) is 7. The van der Waals surface area contributed by atoms with Crippen LogP contribution in [0.1, 0.15) is 16.9 Å². The van der Waals surface area contributed by atoms with E-state index >= 15 is 0 Å². The van der Waals surface area contributed by atoms with Crippen LogP contribution in [0.15, 0.2) is 45.6 Å². The third-order valence-corrected chi connectivity index (χ3v) is 7.20. The van der Waals surface area contributed by atoms with E-state index < -0.39 is 0 Å². The number of para-hydroxylation sites is 1. The van der Waals surface area contributed by atoms with Crippen molar-refractivity contribution in [1.82, 2.24) is 19.5 Å². The van der Waals surface area contributed by atoms with Crippen molar-refractivity contribution in [2.45, 2.75) is 36.0 Å². The molecule has 1 aliphatic rings. The molecule has 3 aromatic heterocycles. The third-order valence-electron chi connectivity index (χ3n) is 5.00. The molecule has 1 aromatic carbocycles. The summed E-state index contributed by atoms with van der Waals surface area (Å²) in [6, 6.07) is 7.45. The second kappa shape index (κ2) is 7.27. The number of aryl methyl sites for hydroxylation is 2. The molecule has 142 valence electrons. The molecule has 0 spiro atoms. The molecule has 0 saturated carbocycles. The predicted molar refractivity (Wildman–Crippen MR) is 111 cm³/mol. The van der Waals surface area contributed by atoms with Gasteiger partial charge in [-0.1, -0.05) is 12.1 Å². The minimum absolute atomic E-state index is 0.0500. The van der Waals surface area contributed by atoms with Crippen LogP contribution in [0.25, 0.3) is 21.1 Å². The van der Waals surface area contributed by atoms with Gasteiger partial charge in [-0.05, 0) is 48.7 Å². The van der Waals surface area contributed by atoms with Crippen LogP contribution >= 0.6 is 23.1 Å². The topological polar surface area (TPSA) is 69.9 Å². The van der Waals surface area contributed by atoms with E-state index in [2.05, 4.69) is 9.97 Å². The van der Waals surface area contributed by atoms with Crippen molar-refractivity contribution in [3.8, 4) is 0 Å². The molecule has 4 aromatic rings. The van der Waals surface area contributed by atoms with Crippen molar-refractivity contribution in [3.63, 3.8) is 0 Å². The van der Waals surface area contributed by atoms with Crippen LogP contribution in [0.4, 0.5) is 0 Å². The first-order chi connectivity index (χ1) is 13.8. The van der Waals surface area contributed by atoms with Gasteiger partial charge < -0.3 is 4.74 Å². The van der Waals surface area contributed by atoms with Crippen LogP contribution < -0.4 is 5.56 Å². The first-order valence-electron chi connectivity index (χ1n) is 9.18. The van der Waals surface area contributed by atoms with Gasteiger partial charge in [0, 0.05) is 17.4 Å². The largest absolute Gasteiger partial charge is 0.383 e. The van der Waals surface area contributed by atoms with Crippen LogP contribution in [0.5, 0.6) is 0 Å². The van der Waals surface area contributed by atoms with Gasteiger partial charge in [-0.25, -0.2) is 15.0 Å². The molecule has 0 fully saturated rings. The van der Waals surface area contributed by atoms with Crippen molar-refractivity contribution < 1.29 is 4.74 Å². The van der Waals surface area contributed by atoms with Gasteiger partial charge in [0.05, 0.1) is 24.1 Å². The fourth-order valence-corrected chi connectivity index (χ4v) is 5.99. The molecule has 0 radical (unpaired) electrons. The van der Waals surface area contributed by atoms with Crippen molar-refractivity contribution in [2.75, 3.05) is 13.7 Å². The lowest BCUT2D eigenvalue weighted by atomic mass is 10.2. The molecule has 0 saturated heterocycles. The number of rotatable bonds is 5. The van der Waals surface area contributed by atoms with E-state index in [0.29, 0.717) is 29.2 Å². The Kier molecular flexibility index (Phi) is 4.62. The van der Waals surface area contributed by atoms with Crippen LogP contribution in [0.3, 0.4) is 0 Å². The van der Waals surface area contributed by atoms with Gasteiger partial charge in [-0.2, -0.15) is 0 Å². The highest BCUT2D eigenvalue weighted by Gasteiger charge is 2.23. The lowest BCUT2D eigenvalue weighted by Crippen LogP contribution is -2.25. The number of fused-ring (bicyclic) bond motifs is 4. The van der Waals surface area contributed by atoms with Gasteiger partial charge in [0.25, 0.3) is 5.56 Å². The van der Waals surface area contributed by atoms with Crippen LogP contribution in [-0.4, -0.2) is 33.2 Å². The molecular weight excluding hydrogens is 392 g/mol. The number of methoxy groups -OCH3 is 1. The lowest BCUT2D eigenvalue weighted by Gasteiger charge is -2.13. The maximum Gasteiger partial charge on any atom is 0.262 e. The molecule has 3 heterocycles. The Hall–Kier alpha value is -2.29. The van der Waals surface area contributed by atoms with Gasteiger partial charge in [0.2, 0.25) is 0 Å². The van der Waals surface area contributed by atoms with E-state index in [0.717, 1.165) is 28.1 Å². The third kappa shape index (κ3) is 2.92. The molecule has 0 unspecified atom stereocenters. The Morgan fingerprint density at radius 3 is 3.04 bits per heavy atom. The van der Waals surface area contributed by atoms with Crippen LogP contribution in [0.2, 0.25) is 0 Å². The average Bonchev–Trinajstić information content (AvgIpc) is 3.29. The molecule has 0 amide bonds. The van der Waals surface area contributed by atoms with Crippen molar-refractivity contribution in [2.24, 2.45) is 0 Å². The second-order valence-electron chi connectivity index (χ2n) is 6.68. The highest BCUT2D eigenvalue weighted by Crippen LogP contribution is 2.41. The van der Waals surface area contributed by atoms with Crippen LogP contribution in [0, 0.1) is 0 Å². The fraction of sp³-hybridized carbons (Fsp3) is 0.300. The smallest absolute Gasteiger partial charge is 0.262 e. The summed E-state index contributed by atoms with van der Waals surface area (Å²) in [6.45, 7) is 0.895. The van der Waals surface area contributed by atoms with Gasteiger partial charge in [0.1, 0.15) is 16.2 Å². The minimum atomic E-state index is -0.0500. The highest BCUT2D eigenvalue weighted by molar-refractivity contribution is 7.99. The summed E-state index contributed by atoms with van der Waals surface area (Å²) in [5.41, 5.74) is 2.02. The number of nitrogens with zero attached hydrogens (tertiary/aromatic N) is 4. The zero-order valence-electron chi connectivity index (χ0n) is 15.3. The number of ether oxygens (including phenoxy) is 1. The van der Waals surface area contributed by atoms with E-state index in [4.69, 9.17) is 9.72 Å². The fourth-order valence-electron chi connectivity index (χ4n) is 3.67. The molecule has 8 heteroatoms. The van der Waals surface area contributed by atoms with Gasteiger partial charge in [-0.3, -0.25) is 9.36 Å². The molecule has 6 nitrogen and oxygen atoms in total. The van der Waals surface area contributed by atoms with E-state index in [1.165, 1.54) is 28.6 Å². The van der Waals surface area contributed by atoms with Gasteiger partial charge >= 0.3 is 0 Å². The van der Waals surface area contributed by atoms with Crippen LogP contribution in [-0.2, 0) is 24.1 Å². The summed E-state index contributed by atoms with van der Waals surface area (Å²) in [4.78, 5) is 29.3. The summed E-state index contributed by atoms with van der Waals surface area (Å²) in [5, 5.41) is 3.26. The van der Waals surface area contributed by atoms with E-state index in [1.807, 2.05) is 24.3 Å². The Morgan fingerprint density at radius 2 is 2.14 bits per heavy atom. The zero-order valence-corrected chi connectivity index (χ0v) is 17.0. The number of aromatic nitrogens is 4. The predicted octanol–water partition coefficient (Wildman–Crippen LogP) is 3.69. The number of thiophene rings is 1. The first kappa shape index (κ1) is 17.8. The SMILES string of the molecule is COCCn1c(Sc2ncnc3sc4c(c23)CCC4)nc2ccccc2c1=O. The van der Waals surface area contributed by atoms with Crippen molar-refractivity contribution in [1.29, 1.82) is 0 Å². The number of benzene rings is 1. The van der Waals surface area contributed by atoms with Crippen molar-refractivity contribution >= 4 is 44.2 Å². The summed E-state index contributed by atoms with van der Waals surface area (Å²) in [5.74, 6) is 0. The maximum atomic E-state index is 13.1. The Morgan fingerprint density at radius 1 is 1.25 bits per heavy atom. The molecular formula is C20H18N4O2S2. The molecule has 0 aliphatic heterocycles. The monoisotopic (exact) mass is 410 g/mol. The number of hydrogen-bond donors (Lipinski definition) is 0. The molecule has 0 atom stereocenters. The Balaban J connectivity index is 1.68. The zero-order chi connectivity index (χ0) is 19.1. The lowest BCUT2D eigenvalue weighted by molar-refractivity contribution is 0.183. The standard InChI is InChI=1S/C20H18N4O2S2/c1-26-10-9-24-19(25)12-5-2-3-7-14(12)23-20(24)28-18-16-13-6-4-8-15(13)27-17(16)21-11-22-18/h2-3,5,7,11H,4,6,8-10H2,1H3. The molecule has 28 heavy (non-hydrogen) atoms. The molecule has 0 bridgehead atoms. The Labute approximate surface area is 169 Å². The van der Waals surface area contributed by atoms with Gasteiger partial charge in [0.15, 0.2) is 5.16 Å². The molecule has 5 rings (SSSR count).